The van der Waals surface area contributed by atoms with Crippen molar-refractivity contribution >= 4 is 18.4 Å². The molecule has 1 heterocycles. The van der Waals surface area contributed by atoms with Crippen molar-refractivity contribution in [2.24, 2.45) is 11.7 Å². The molecule has 0 amide bonds. The number of nitrogens with two attached hydrogens (primary N) is 1. The van der Waals surface area contributed by atoms with Crippen LogP contribution in [0.4, 0.5) is 0 Å². The van der Waals surface area contributed by atoms with Crippen LogP contribution in [0, 0.1) is 5.92 Å². The van der Waals surface area contributed by atoms with Gasteiger partial charge in [0.2, 0.25) is 0 Å². The van der Waals surface area contributed by atoms with E-state index in [4.69, 9.17) is 10.5 Å². The second-order valence-electron chi connectivity index (χ2n) is 3.38. The van der Waals surface area contributed by atoms with Crippen molar-refractivity contribution in [1.29, 1.82) is 0 Å². The Labute approximate surface area is 81.3 Å². The SMILES string of the molecule is Cl.N[C@@H]1[C@H](O)[C@H](O)[C@H]2OC(=O)C[C@@H]12. The molecule has 0 aromatic heterocycles. The van der Waals surface area contributed by atoms with Crippen molar-refractivity contribution in [3.63, 3.8) is 0 Å². The van der Waals surface area contributed by atoms with Gasteiger partial charge in [0.1, 0.15) is 12.2 Å². The monoisotopic (exact) mass is 209 g/mol. The summed E-state index contributed by atoms with van der Waals surface area (Å²) in [6.07, 6.45) is -2.37. The van der Waals surface area contributed by atoms with Crippen molar-refractivity contribution in [3.8, 4) is 0 Å². The Morgan fingerprint density at radius 3 is 2.54 bits per heavy atom. The molecule has 2 fully saturated rings. The number of carbonyl (C=O) groups excluding carboxylic acids is 1. The lowest BCUT2D eigenvalue weighted by Crippen LogP contribution is -2.39. The van der Waals surface area contributed by atoms with Crippen molar-refractivity contribution < 1.29 is 19.7 Å². The highest BCUT2D eigenvalue weighted by atomic mass is 35.5. The number of hydrogen-bond donors (Lipinski definition) is 3. The lowest BCUT2D eigenvalue weighted by molar-refractivity contribution is -0.147. The summed E-state index contributed by atoms with van der Waals surface area (Å²) in [5.41, 5.74) is 5.57. The fourth-order valence-corrected chi connectivity index (χ4v) is 1.95. The second-order valence-corrected chi connectivity index (χ2v) is 3.38. The lowest BCUT2D eigenvalue weighted by atomic mass is 10.0. The first-order valence-electron chi connectivity index (χ1n) is 3.92. The molecule has 4 N–H and O–H groups in total. The maximum Gasteiger partial charge on any atom is 0.306 e. The molecule has 0 spiro atoms. The first kappa shape index (κ1) is 10.7. The zero-order valence-electron chi connectivity index (χ0n) is 6.79. The molecule has 1 saturated heterocycles. The summed E-state index contributed by atoms with van der Waals surface area (Å²) < 4.78 is 4.81. The number of aliphatic hydroxyl groups excluding tert-OH is 2. The maximum atomic E-state index is 10.8. The van der Waals surface area contributed by atoms with Gasteiger partial charge < -0.3 is 20.7 Å². The number of carbonyl (C=O) groups is 1. The topological polar surface area (TPSA) is 92.8 Å². The Balaban J connectivity index is 0.000000845. The fraction of sp³-hybridized carbons (Fsp3) is 0.857. The van der Waals surface area contributed by atoms with Gasteiger partial charge in [-0.25, -0.2) is 0 Å². The minimum absolute atomic E-state index is 0. The highest BCUT2D eigenvalue weighted by Crippen LogP contribution is 2.36. The standard InChI is InChI=1S/C7H11NO4.ClH/c8-4-2-1-3(9)12-7(2)6(11)5(4)10;/h2,4-7,10-11H,1,8H2;1H/t2-,4-,5-,6-,7-;/m0./s1. The molecule has 6 heteroatoms. The summed E-state index contributed by atoms with van der Waals surface area (Å²) in [6.45, 7) is 0. The van der Waals surface area contributed by atoms with Crippen molar-refractivity contribution in [3.05, 3.63) is 0 Å². The van der Waals surface area contributed by atoms with Gasteiger partial charge in [-0.1, -0.05) is 0 Å². The van der Waals surface area contributed by atoms with E-state index in [1.807, 2.05) is 0 Å². The predicted molar refractivity (Wildman–Crippen MR) is 45.2 cm³/mol. The largest absolute Gasteiger partial charge is 0.459 e. The minimum Gasteiger partial charge on any atom is -0.459 e. The second kappa shape index (κ2) is 3.42. The van der Waals surface area contributed by atoms with Crippen LogP contribution in [0.5, 0.6) is 0 Å². The molecular weight excluding hydrogens is 198 g/mol. The van der Waals surface area contributed by atoms with E-state index in [-0.39, 0.29) is 30.7 Å². The van der Waals surface area contributed by atoms with Crippen LogP contribution in [-0.2, 0) is 9.53 Å². The Morgan fingerprint density at radius 2 is 2.00 bits per heavy atom. The van der Waals surface area contributed by atoms with Gasteiger partial charge >= 0.3 is 5.97 Å². The number of ether oxygens (including phenoxy) is 1. The smallest absolute Gasteiger partial charge is 0.306 e. The third-order valence-corrected chi connectivity index (χ3v) is 2.67. The Morgan fingerprint density at radius 1 is 1.38 bits per heavy atom. The van der Waals surface area contributed by atoms with E-state index in [1.54, 1.807) is 0 Å². The first-order chi connectivity index (χ1) is 5.61. The first-order valence-corrected chi connectivity index (χ1v) is 3.92. The number of esters is 1. The molecule has 1 aliphatic carbocycles. The summed E-state index contributed by atoms with van der Waals surface area (Å²) in [5.74, 6) is -0.561. The summed E-state index contributed by atoms with van der Waals surface area (Å²) in [4.78, 5) is 10.8. The molecule has 0 bridgehead atoms. The summed E-state index contributed by atoms with van der Waals surface area (Å²) in [6, 6.07) is -0.545. The lowest BCUT2D eigenvalue weighted by Gasteiger charge is -2.14. The van der Waals surface area contributed by atoms with Crippen molar-refractivity contribution in [2.45, 2.75) is 30.8 Å². The molecule has 0 unspecified atom stereocenters. The minimum atomic E-state index is -1.02. The molecule has 0 aromatic rings. The van der Waals surface area contributed by atoms with Crippen LogP contribution >= 0.6 is 12.4 Å². The van der Waals surface area contributed by atoms with Gasteiger partial charge in [-0.2, -0.15) is 0 Å². The van der Waals surface area contributed by atoms with E-state index in [1.165, 1.54) is 0 Å². The number of fused-ring (bicyclic) bond motifs is 1. The van der Waals surface area contributed by atoms with E-state index in [9.17, 15) is 15.0 Å². The Bertz CT molecular complexity index is 205. The van der Waals surface area contributed by atoms with E-state index < -0.39 is 24.4 Å². The quantitative estimate of drug-likeness (QED) is 0.418. The third-order valence-electron chi connectivity index (χ3n) is 2.67. The predicted octanol–water partition coefficient (Wildman–Crippen LogP) is -1.60. The van der Waals surface area contributed by atoms with Gasteiger partial charge in [0, 0.05) is 12.0 Å². The van der Waals surface area contributed by atoms with E-state index >= 15 is 0 Å². The van der Waals surface area contributed by atoms with Gasteiger partial charge in [0.25, 0.3) is 0 Å². The number of hydrogen-bond acceptors (Lipinski definition) is 5. The zero-order valence-corrected chi connectivity index (χ0v) is 7.61. The van der Waals surface area contributed by atoms with E-state index in [0.29, 0.717) is 0 Å². The Kier molecular flexibility index (Phi) is 2.82. The molecule has 0 aromatic carbocycles. The molecule has 2 aliphatic rings. The number of rotatable bonds is 0. The van der Waals surface area contributed by atoms with Crippen LogP contribution in [0.2, 0.25) is 0 Å². The molecule has 5 nitrogen and oxygen atoms in total. The van der Waals surface area contributed by atoms with Gasteiger partial charge in [0.05, 0.1) is 12.5 Å². The van der Waals surface area contributed by atoms with Crippen LogP contribution in [0.25, 0.3) is 0 Å². The van der Waals surface area contributed by atoms with Crippen LogP contribution in [0.1, 0.15) is 6.42 Å². The van der Waals surface area contributed by atoms with E-state index in [0.717, 1.165) is 0 Å². The third kappa shape index (κ3) is 1.42. The summed E-state index contributed by atoms with van der Waals surface area (Å²) >= 11 is 0. The van der Waals surface area contributed by atoms with Crippen molar-refractivity contribution in [2.75, 3.05) is 0 Å². The fourth-order valence-electron chi connectivity index (χ4n) is 1.95. The molecule has 1 saturated carbocycles. The molecule has 0 radical (unpaired) electrons. The van der Waals surface area contributed by atoms with Crippen LogP contribution in [0.15, 0.2) is 0 Å². The average Bonchev–Trinajstić information content (AvgIpc) is 2.49. The normalized spacial score (nSPS) is 48.2. The molecule has 76 valence electrons. The molecular formula is C7H12ClNO4. The molecule has 5 atom stereocenters. The number of aliphatic hydroxyl groups is 2. The average molecular weight is 210 g/mol. The van der Waals surface area contributed by atoms with Crippen LogP contribution in [-0.4, -0.2) is 40.5 Å². The Hall–Kier alpha value is -0.360. The zero-order chi connectivity index (χ0) is 8.88. The molecule has 2 rings (SSSR count). The summed E-state index contributed by atoms with van der Waals surface area (Å²) in [7, 11) is 0. The van der Waals surface area contributed by atoms with Crippen molar-refractivity contribution in [1.82, 2.24) is 0 Å². The summed E-state index contributed by atoms with van der Waals surface area (Å²) in [5, 5.41) is 18.6. The maximum absolute atomic E-state index is 10.8. The van der Waals surface area contributed by atoms with Gasteiger partial charge in [-0.3, -0.25) is 4.79 Å². The molecule has 1 aliphatic heterocycles. The van der Waals surface area contributed by atoms with Crippen LogP contribution in [0.3, 0.4) is 0 Å². The highest BCUT2D eigenvalue weighted by Gasteiger charge is 2.54. The van der Waals surface area contributed by atoms with E-state index in [2.05, 4.69) is 0 Å². The van der Waals surface area contributed by atoms with Crippen LogP contribution < -0.4 is 5.73 Å². The van der Waals surface area contributed by atoms with Gasteiger partial charge in [-0.15, -0.1) is 12.4 Å². The highest BCUT2D eigenvalue weighted by molar-refractivity contribution is 5.85. The molecule has 13 heavy (non-hydrogen) atoms. The van der Waals surface area contributed by atoms with Gasteiger partial charge in [0.15, 0.2) is 0 Å². The number of halogens is 1. The van der Waals surface area contributed by atoms with Gasteiger partial charge in [-0.05, 0) is 0 Å².